The van der Waals surface area contributed by atoms with Crippen molar-refractivity contribution in [1.82, 2.24) is 15.5 Å². The topological polar surface area (TPSA) is 83.8 Å². The zero-order valence-corrected chi connectivity index (χ0v) is 11.2. The van der Waals surface area contributed by atoms with Crippen molar-refractivity contribution in [3.05, 3.63) is 46.8 Å². The van der Waals surface area contributed by atoms with Gasteiger partial charge in [-0.05, 0) is 18.9 Å². The van der Waals surface area contributed by atoms with Gasteiger partial charge in [0.1, 0.15) is 0 Å². The lowest BCUT2D eigenvalue weighted by molar-refractivity contribution is 0.0947. The molecule has 2 aromatic rings. The fraction of sp³-hybridized carbons (Fsp3) is 0.286. The smallest absolute Gasteiger partial charge is 0.274 e. The molecule has 2 rings (SSSR count). The monoisotopic (exact) mass is 258 g/mol. The third kappa shape index (κ3) is 2.93. The van der Waals surface area contributed by atoms with Gasteiger partial charge in [0.25, 0.3) is 5.91 Å². The Kier molecular flexibility index (Phi) is 3.85. The third-order valence-corrected chi connectivity index (χ3v) is 2.99. The van der Waals surface area contributed by atoms with E-state index in [1.165, 1.54) is 5.56 Å². The highest BCUT2D eigenvalue weighted by atomic mass is 16.1. The number of hydrogen-bond acceptors (Lipinski definition) is 3. The molecule has 0 aliphatic rings. The summed E-state index contributed by atoms with van der Waals surface area (Å²) < 4.78 is 0. The van der Waals surface area contributed by atoms with E-state index < -0.39 is 0 Å². The number of nitrogen functional groups attached to an aromatic ring is 1. The Labute approximate surface area is 112 Å². The quantitative estimate of drug-likeness (QED) is 0.781. The number of aromatic nitrogens is 2. The van der Waals surface area contributed by atoms with E-state index in [-0.39, 0.29) is 11.6 Å². The summed E-state index contributed by atoms with van der Waals surface area (Å²) in [5.41, 5.74) is 9.57. The van der Waals surface area contributed by atoms with Crippen LogP contribution in [0.2, 0.25) is 0 Å². The van der Waals surface area contributed by atoms with Gasteiger partial charge in [0, 0.05) is 6.54 Å². The number of aromatic amines is 1. The molecular weight excluding hydrogens is 240 g/mol. The summed E-state index contributed by atoms with van der Waals surface area (Å²) in [6.45, 7) is 4.44. The molecule has 1 aromatic heterocycles. The lowest BCUT2D eigenvalue weighted by atomic mass is 10.1. The molecule has 0 atom stereocenters. The minimum absolute atomic E-state index is 0.255. The molecule has 0 saturated carbocycles. The van der Waals surface area contributed by atoms with Crippen molar-refractivity contribution >= 4 is 11.6 Å². The molecule has 0 aliphatic carbocycles. The van der Waals surface area contributed by atoms with E-state index in [0.717, 1.165) is 17.7 Å². The number of H-pyrrole nitrogens is 1. The molecule has 1 aromatic carbocycles. The predicted octanol–water partition coefficient (Wildman–Crippen LogP) is 1.79. The van der Waals surface area contributed by atoms with Crippen molar-refractivity contribution in [3.8, 4) is 0 Å². The van der Waals surface area contributed by atoms with Gasteiger partial charge in [-0.15, -0.1) is 0 Å². The Morgan fingerprint density at radius 1 is 1.47 bits per heavy atom. The maximum Gasteiger partial charge on any atom is 0.274 e. The summed E-state index contributed by atoms with van der Waals surface area (Å²) in [4.78, 5) is 12.0. The van der Waals surface area contributed by atoms with Gasteiger partial charge in [-0.25, -0.2) is 0 Å². The summed E-state index contributed by atoms with van der Waals surface area (Å²) in [7, 11) is 0. The Morgan fingerprint density at radius 3 is 2.89 bits per heavy atom. The van der Waals surface area contributed by atoms with Crippen molar-refractivity contribution < 1.29 is 4.79 Å². The van der Waals surface area contributed by atoms with E-state index in [2.05, 4.69) is 15.5 Å². The van der Waals surface area contributed by atoms with Crippen molar-refractivity contribution in [2.24, 2.45) is 0 Å². The summed E-state index contributed by atoms with van der Waals surface area (Å²) in [5, 5.41) is 9.55. The average molecular weight is 258 g/mol. The first-order chi connectivity index (χ1) is 9.11. The highest BCUT2D eigenvalue weighted by Gasteiger charge is 2.15. The van der Waals surface area contributed by atoms with Crippen LogP contribution in [0.25, 0.3) is 0 Å². The summed E-state index contributed by atoms with van der Waals surface area (Å²) in [6, 6.07) is 7.99. The molecule has 100 valence electrons. The third-order valence-electron chi connectivity index (χ3n) is 2.99. The van der Waals surface area contributed by atoms with Gasteiger partial charge in [0.2, 0.25) is 0 Å². The number of benzene rings is 1. The Hall–Kier alpha value is -2.30. The second-order valence-corrected chi connectivity index (χ2v) is 4.49. The highest BCUT2D eigenvalue weighted by molar-refractivity contribution is 5.97. The van der Waals surface area contributed by atoms with Crippen molar-refractivity contribution in [2.75, 3.05) is 5.73 Å². The Morgan fingerprint density at radius 2 is 2.26 bits per heavy atom. The predicted molar refractivity (Wildman–Crippen MR) is 74.7 cm³/mol. The fourth-order valence-electron chi connectivity index (χ4n) is 1.92. The van der Waals surface area contributed by atoms with Crippen LogP contribution in [0, 0.1) is 6.92 Å². The Bertz CT molecular complexity index is 589. The number of hydrogen-bond donors (Lipinski definition) is 3. The summed E-state index contributed by atoms with van der Waals surface area (Å²) in [6.07, 6.45) is 0.726. The maximum atomic E-state index is 12.0. The molecular formula is C14H18N4O. The van der Waals surface area contributed by atoms with Crippen LogP contribution >= 0.6 is 0 Å². The van der Waals surface area contributed by atoms with Gasteiger partial charge < -0.3 is 11.1 Å². The van der Waals surface area contributed by atoms with E-state index in [0.29, 0.717) is 12.2 Å². The first-order valence-electron chi connectivity index (χ1n) is 6.28. The first kappa shape index (κ1) is 13.1. The lowest BCUT2D eigenvalue weighted by Crippen LogP contribution is -2.24. The molecule has 0 bridgehead atoms. The highest BCUT2D eigenvalue weighted by Crippen LogP contribution is 2.14. The van der Waals surface area contributed by atoms with E-state index in [4.69, 9.17) is 5.73 Å². The van der Waals surface area contributed by atoms with Gasteiger partial charge in [-0.3, -0.25) is 9.89 Å². The van der Waals surface area contributed by atoms with E-state index in [1.807, 2.05) is 38.1 Å². The van der Waals surface area contributed by atoms with Crippen LogP contribution in [-0.4, -0.2) is 16.1 Å². The molecule has 0 spiro atoms. The number of anilines is 1. The van der Waals surface area contributed by atoms with Gasteiger partial charge in [0.05, 0.1) is 11.4 Å². The second kappa shape index (κ2) is 5.56. The SMILES string of the molecule is CCc1[nH]nc(C(=O)NCc2cccc(C)c2)c1N. The average Bonchev–Trinajstić information content (AvgIpc) is 2.77. The molecule has 5 heteroatoms. The first-order valence-corrected chi connectivity index (χ1v) is 6.28. The van der Waals surface area contributed by atoms with Gasteiger partial charge in [-0.1, -0.05) is 36.8 Å². The number of nitrogens with one attached hydrogen (secondary N) is 2. The van der Waals surface area contributed by atoms with Gasteiger partial charge in [0.15, 0.2) is 5.69 Å². The number of aryl methyl sites for hydroxylation is 2. The molecule has 0 radical (unpaired) electrons. The summed E-state index contributed by atoms with van der Waals surface area (Å²) in [5.74, 6) is -0.255. The molecule has 0 aliphatic heterocycles. The van der Waals surface area contributed by atoms with Gasteiger partial charge >= 0.3 is 0 Å². The zero-order chi connectivity index (χ0) is 13.8. The number of carbonyl (C=O) groups is 1. The van der Waals surface area contributed by atoms with Crippen LogP contribution in [-0.2, 0) is 13.0 Å². The number of nitrogens with two attached hydrogens (primary N) is 1. The lowest BCUT2D eigenvalue weighted by Gasteiger charge is -2.05. The maximum absolute atomic E-state index is 12.0. The van der Waals surface area contributed by atoms with Crippen LogP contribution in [0.15, 0.2) is 24.3 Å². The number of nitrogens with zero attached hydrogens (tertiary/aromatic N) is 1. The number of rotatable bonds is 4. The molecule has 0 unspecified atom stereocenters. The minimum Gasteiger partial charge on any atom is -0.395 e. The Balaban J connectivity index is 2.03. The molecule has 4 N–H and O–H groups in total. The molecule has 19 heavy (non-hydrogen) atoms. The largest absolute Gasteiger partial charge is 0.395 e. The molecule has 1 amide bonds. The molecule has 0 fully saturated rings. The van der Waals surface area contributed by atoms with Crippen LogP contribution in [0.1, 0.15) is 34.2 Å². The molecule has 5 nitrogen and oxygen atoms in total. The van der Waals surface area contributed by atoms with Crippen LogP contribution in [0.4, 0.5) is 5.69 Å². The number of carbonyl (C=O) groups excluding carboxylic acids is 1. The normalized spacial score (nSPS) is 10.4. The summed E-state index contributed by atoms with van der Waals surface area (Å²) >= 11 is 0. The van der Waals surface area contributed by atoms with Crippen LogP contribution in [0.5, 0.6) is 0 Å². The van der Waals surface area contributed by atoms with E-state index in [1.54, 1.807) is 0 Å². The molecule has 0 saturated heterocycles. The zero-order valence-electron chi connectivity index (χ0n) is 11.2. The van der Waals surface area contributed by atoms with Crippen LogP contribution < -0.4 is 11.1 Å². The van der Waals surface area contributed by atoms with E-state index in [9.17, 15) is 4.79 Å². The standard InChI is InChI=1S/C14H18N4O/c1-3-11-12(15)13(18-17-11)14(19)16-8-10-6-4-5-9(2)7-10/h4-7H,3,8,15H2,1-2H3,(H,16,19)(H,17,18). The van der Waals surface area contributed by atoms with E-state index >= 15 is 0 Å². The second-order valence-electron chi connectivity index (χ2n) is 4.49. The van der Waals surface area contributed by atoms with Gasteiger partial charge in [-0.2, -0.15) is 5.10 Å². The number of amides is 1. The van der Waals surface area contributed by atoms with Crippen molar-refractivity contribution in [1.29, 1.82) is 0 Å². The molecule has 1 heterocycles. The van der Waals surface area contributed by atoms with Crippen molar-refractivity contribution in [2.45, 2.75) is 26.8 Å². The minimum atomic E-state index is -0.255. The fourth-order valence-corrected chi connectivity index (χ4v) is 1.92. The van der Waals surface area contributed by atoms with Crippen molar-refractivity contribution in [3.63, 3.8) is 0 Å². The van der Waals surface area contributed by atoms with Crippen LogP contribution in [0.3, 0.4) is 0 Å².